The third-order valence-electron chi connectivity index (χ3n) is 2.79. The molecule has 0 saturated carbocycles. The number of rotatable bonds is 4. The molecule has 0 bridgehead atoms. The van der Waals surface area contributed by atoms with Crippen molar-refractivity contribution in [2.24, 2.45) is 0 Å². The Morgan fingerprint density at radius 3 is 2.86 bits per heavy atom. The molecule has 0 spiro atoms. The summed E-state index contributed by atoms with van der Waals surface area (Å²) >= 11 is 20.7. The quantitative estimate of drug-likeness (QED) is 0.734. The molecule has 2 aromatic rings. The number of thiocarbonyl (C=S) groups is 1. The summed E-state index contributed by atoms with van der Waals surface area (Å²) in [5.74, 6) is 0. The fraction of sp³-hybridized carbons (Fsp3) is 0.231. The number of nitrogens with zero attached hydrogens (tertiary/aromatic N) is 2. The van der Waals surface area contributed by atoms with E-state index in [1.165, 1.54) is 0 Å². The second kappa shape index (κ2) is 7.45. The molecule has 0 amide bonds. The average molecular weight is 408 g/mol. The highest BCUT2D eigenvalue weighted by atomic mass is 79.9. The number of anilines is 1. The Labute approximate surface area is 146 Å². The van der Waals surface area contributed by atoms with E-state index in [2.05, 4.69) is 31.7 Å². The Morgan fingerprint density at radius 2 is 2.19 bits per heavy atom. The van der Waals surface area contributed by atoms with E-state index >= 15 is 0 Å². The maximum absolute atomic E-state index is 6.09. The first-order valence-corrected chi connectivity index (χ1v) is 8.17. The monoisotopic (exact) mass is 406 g/mol. The molecule has 0 saturated heterocycles. The minimum Gasteiger partial charge on any atom is -0.357 e. The van der Waals surface area contributed by atoms with E-state index in [0.29, 0.717) is 27.4 Å². The molecule has 4 nitrogen and oxygen atoms in total. The number of halogens is 3. The van der Waals surface area contributed by atoms with Crippen molar-refractivity contribution < 1.29 is 0 Å². The first kappa shape index (κ1) is 16.5. The molecule has 0 aliphatic rings. The van der Waals surface area contributed by atoms with Crippen LogP contribution in [-0.2, 0) is 13.1 Å². The normalized spacial score (nSPS) is 10.5. The second-order valence-corrected chi connectivity index (χ2v) is 6.29. The molecule has 0 radical (unpaired) electrons. The molecule has 0 fully saturated rings. The third kappa shape index (κ3) is 4.32. The topological polar surface area (TPSA) is 41.9 Å². The predicted octanol–water partition coefficient (Wildman–Crippen LogP) is 4.46. The minimum atomic E-state index is 0.481. The molecular formula is C13H13BrCl2N4S. The average Bonchev–Trinajstić information content (AvgIpc) is 2.80. The van der Waals surface area contributed by atoms with E-state index in [1.54, 1.807) is 24.4 Å². The van der Waals surface area contributed by atoms with Crippen LogP contribution in [0.2, 0.25) is 10.0 Å². The van der Waals surface area contributed by atoms with Gasteiger partial charge in [-0.3, -0.25) is 4.68 Å². The summed E-state index contributed by atoms with van der Waals surface area (Å²) in [6, 6.07) is 5.20. The number of aryl methyl sites for hydroxylation is 1. The van der Waals surface area contributed by atoms with Crippen molar-refractivity contribution in [1.29, 1.82) is 0 Å². The van der Waals surface area contributed by atoms with Crippen LogP contribution in [0.1, 0.15) is 12.6 Å². The summed E-state index contributed by atoms with van der Waals surface area (Å²) in [4.78, 5) is 0. The lowest BCUT2D eigenvalue weighted by atomic mass is 10.3. The van der Waals surface area contributed by atoms with Gasteiger partial charge in [-0.15, -0.1) is 0 Å². The van der Waals surface area contributed by atoms with Crippen LogP contribution in [0.5, 0.6) is 0 Å². The highest BCUT2D eigenvalue weighted by molar-refractivity contribution is 9.10. The smallest absolute Gasteiger partial charge is 0.171 e. The number of nitrogens with one attached hydrogen (secondary N) is 2. The van der Waals surface area contributed by atoms with Crippen LogP contribution in [0.15, 0.2) is 28.9 Å². The van der Waals surface area contributed by atoms with E-state index in [1.807, 2.05) is 11.6 Å². The van der Waals surface area contributed by atoms with Gasteiger partial charge in [-0.25, -0.2) is 0 Å². The van der Waals surface area contributed by atoms with Gasteiger partial charge in [-0.1, -0.05) is 23.2 Å². The second-order valence-electron chi connectivity index (χ2n) is 4.19. The lowest BCUT2D eigenvalue weighted by molar-refractivity contribution is 0.613. The fourth-order valence-corrected chi connectivity index (χ4v) is 2.83. The highest BCUT2D eigenvalue weighted by Crippen LogP contribution is 2.25. The van der Waals surface area contributed by atoms with Crippen molar-refractivity contribution in [3.8, 4) is 0 Å². The van der Waals surface area contributed by atoms with E-state index < -0.39 is 0 Å². The van der Waals surface area contributed by atoms with Crippen molar-refractivity contribution in [2.45, 2.75) is 20.0 Å². The molecule has 1 aromatic heterocycles. The third-order valence-corrected chi connectivity index (χ3v) is 4.25. The first-order valence-electron chi connectivity index (χ1n) is 6.21. The van der Waals surface area contributed by atoms with Crippen LogP contribution in [0.25, 0.3) is 0 Å². The van der Waals surface area contributed by atoms with E-state index in [0.717, 1.165) is 16.7 Å². The molecule has 0 unspecified atom stereocenters. The van der Waals surface area contributed by atoms with Gasteiger partial charge in [0.2, 0.25) is 0 Å². The van der Waals surface area contributed by atoms with E-state index in [9.17, 15) is 0 Å². The Hall–Kier alpha value is -0.820. The van der Waals surface area contributed by atoms with Gasteiger partial charge in [-0.2, -0.15) is 5.10 Å². The molecule has 0 atom stereocenters. The largest absolute Gasteiger partial charge is 0.357 e. The van der Waals surface area contributed by atoms with E-state index in [-0.39, 0.29) is 0 Å². The number of benzene rings is 1. The minimum absolute atomic E-state index is 0.481. The lowest BCUT2D eigenvalue weighted by Crippen LogP contribution is -2.29. The Morgan fingerprint density at radius 1 is 1.43 bits per heavy atom. The summed E-state index contributed by atoms with van der Waals surface area (Å²) in [6.07, 6.45) is 1.77. The van der Waals surface area contributed by atoms with Gasteiger partial charge in [0.15, 0.2) is 5.11 Å². The van der Waals surface area contributed by atoms with Crippen LogP contribution < -0.4 is 10.6 Å². The zero-order valence-corrected chi connectivity index (χ0v) is 15.1. The van der Waals surface area contributed by atoms with Gasteiger partial charge >= 0.3 is 0 Å². The summed E-state index contributed by atoms with van der Waals surface area (Å²) in [5, 5.41) is 12.0. The number of hydrogen-bond acceptors (Lipinski definition) is 2. The summed E-state index contributed by atoms with van der Waals surface area (Å²) in [7, 11) is 0. The van der Waals surface area contributed by atoms with Gasteiger partial charge in [0.25, 0.3) is 0 Å². The zero-order valence-electron chi connectivity index (χ0n) is 11.2. The summed E-state index contributed by atoms with van der Waals surface area (Å²) < 4.78 is 2.85. The van der Waals surface area contributed by atoms with Crippen LogP contribution in [0, 0.1) is 0 Å². The van der Waals surface area contributed by atoms with Gasteiger partial charge in [0.1, 0.15) is 0 Å². The fourth-order valence-electron chi connectivity index (χ4n) is 1.76. The van der Waals surface area contributed by atoms with Gasteiger partial charge in [0, 0.05) is 11.6 Å². The molecule has 1 aromatic carbocycles. The predicted molar refractivity (Wildman–Crippen MR) is 95.1 cm³/mol. The molecule has 8 heteroatoms. The molecule has 0 aliphatic heterocycles. The number of hydrogen-bond donors (Lipinski definition) is 2. The maximum atomic E-state index is 6.09. The van der Waals surface area contributed by atoms with Gasteiger partial charge in [0.05, 0.1) is 33.6 Å². The van der Waals surface area contributed by atoms with Crippen molar-refractivity contribution in [3.05, 3.63) is 44.6 Å². The zero-order chi connectivity index (χ0) is 15.4. The molecule has 112 valence electrons. The SMILES string of the molecule is CCn1ncc(Br)c1CNC(=S)Nc1ccc(Cl)cc1Cl. The Bertz CT molecular complexity index is 660. The van der Waals surface area contributed by atoms with Crippen molar-refractivity contribution >= 4 is 62.1 Å². The molecule has 0 aliphatic carbocycles. The molecule has 1 heterocycles. The lowest BCUT2D eigenvalue weighted by Gasteiger charge is -2.13. The Balaban J connectivity index is 1.97. The van der Waals surface area contributed by atoms with Crippen LogP contribution in [0.4, 0.5) is 5.69 Å². The van der Waals surface area contributed by atoms with E-state index in [4.69, 9.17) is 35.4 Å². The first-order chi connectivity index (χ1) is 10.0. The van der Waals surface area contributed by atoms with Crippen LogP contribution >= 0.6 is 51.3 Å². The summed E-state index contributed by atoms with van der Waals surface area (Å²) in [5.41, 5.74) is 1.74. The van der Waals surface area contributed by atoms with Gasteiger partial charge in [-0.05, 0) is 53.3 Å². The van der Waals surface area contributed by atoms with Crippen LogP contribution in [-0.4, -0.2) is 14.9 Å². The van der Waals surface area contributed by atoms with Gasteiger partial charge < -0.3 is 10.6 Å². The maximum Gasteiger partial charge on any atom is 0.171 e. The van der Waals surface area contributed by atoms with Crippen molar-refractivity contribution in [3.63, 3.8) is 0 Å². The molecular weight excluding hydrogens is 395 g/mol. The molecule has 21 heavy (non-hydrogen) atoms. The molecule has 2 rings (SSSR count). The molecule has 2 N–H and O–H groups in total. The standard InChI is InChI=1S/C13H13BrCl2N4S/c1-2-20-12(9(14)6-18-20)7-17-13(21)19-11-4-3-8(15)5-10(11)16/h3-6H,2,7H2,1H3,(H2,17,19,21). The van der Waals surface area contributed by atoms with Crippen LogP contribution in [0.3, 0.4) is 0 Å². The highest BCUT2D eigenvalue weighted by Gasteiger charge is 2.09. The Kier molecular flexibility index (Phi) is 5.87. The summed E-state index contributed by atoms with van der Waals surface area (Å²) in [6.45, 7) is 3.39. The number of aromatic nitrogens is 2. The van der Waals surface area contributed by atoms with Crippen molar-refractivity contribution in [2.75, 3.05) is 5.32 Å². The van der Waals surface area contributed by atoms with Crippen molar-refractivity contribution in [1.82, 2.24) is 15.1 Å².